The maximum absolute atomic E-state index is 7.76. The maximum atomic E-state index is 7.76. The quantitative estimate of drug-likeness (QED) is 0.309. The number of benzene rings is 3. The lowest BCUT2D eigenvalue weighted by Crippen LogP contribution is -2.54. The van der Waals surface area contributed by atoms with Crippen molar-refractivity contribution in [2.24, 2.45) is 23.7 Å². The molecule has 9 rings (SSSR count). The van der Waals surface area contributed by atoms with E-state index in [1.807, 2.05) is 14.2 Å². The van der Waals surface area contributed by atoms with Crippen LogP contribution in [-0.2, 0) is 9.47 Å². The van der Waals surface area contributed by atoms with Crippen molar-refractivity contribution in [3.05, 3.63) is 94.1 Å². The molecule has 3 aromatic rings. The predicted octanol–water partition coefficient (Wildman–Crippen LogP) is 8.19. The van der Waals surface area contributed by atoms with Crippen LogP contribution in [0, 0.1) is 23.7 Å². The fourth-order valence-corrected chi connectivity index (χ4v) is 11.1. The summed E-state index contributed by atoms with van der Waals surface area (Å²) in [7, 11) is 3.67. The number of ether oxygens (including phenoxy) is 4. The predicted molar refractivity (Wildman–Crippen MR) is 160 cm³/mol. The monoisotopic (exact) mass is 546 g/mol. The molecule has 1 saturated carbocycles. The highest BCUT2D eigenvalue weighted by molar-refractivity contribution is 5.97. The van der Waals surface area contributed by atoms with Crippen LogP contribution in [0.1, 0.15) is 80.4 Å². The van der Waals surface area contributed by atoms with Gasteiger partial charge in [0.15, 0.2) is 0 Å². The van der Waals surface area contributed by atoms with E-state index in [0.717, 1.165) is 28.7 Å². The van der Waals surface area contributed by atoms with E-state index in [9.17, 15) is 0 Å². The summed E-state index contributed by atoms with van der Waals surface area (Å²) in [6, 6.07) is 17.5. The Bertz CT molecular complexity index is 1590. The zero-order valence-electron chi connectivity index (χ0n) is 24.7. The molecule has 4 fully saturated rings. The highest BCUT2D eigenvalue weighted by atomic mass is 16.6. The molecule has 0 N–H and O–H groups in total. The second-order valence-corrected chi connectivity index (χ2v) is 13.8. The van der Waals surface area contributed by atoms with Crippen molar-refractivity contribution in [2.75, 3.05) is 14.2 Å². The molecule has 4 heteroatoms. The summed E-state index contributed by atoms with van der Waals surface area (Å²) in [6.45, 7) is 8.95. The average Bonchev–Trinajstić information content (AvgIpc) is 3.77. The van der Waals surface area contributed by atoms with E-state index in [1.165, 1.54) is 33.4 Å². The Hall–Kier alpha value is -3.08. The number of allylic oxidation sites excluding steroid dienone is 2. The Morgan fingerprint density at radius 1 is 0.683 bits per heavy atom. The van der Waals surface area contributed by atoms with Gasteiger partial charge in [-0.1, -0.05) is 71.8 Å². The largest absolute Gasteiger partial charge is 0.496 e. The lowest BCUT2D eigenvalue weighted by molar-refractivity contribution is -0.0833. The second-order valence-electron chi connectivity index (χ2n) is 13.8. The third kappa shape index (κ3) is 2.63. The summed E-state index contributed by atoms with van der Waals surface area (Å²) in [5.41, 5.74) is 7.31. The molecule has 0 aromatic heterocycles. The number of hydrogen-bond donors (Lipinski definition) is 0. The van der Waals surface area contributed by atoms with Gasteiger partial charge in [-0.3, -0.25) is 0 Å². The molecule has 2 aliphatic carbocycles. The van der Waals surface area contributed by atoms with Gasteiger partial charge in [-0.2, -0.15) is 0 Å². The van der Waals surface area contributed by atoms with E-state index >= 15 is 0 Å². The van der Waals surface area contributed by atoms with Crippen LogP contribution in [0.15, 0.2) is 71.8 Å². The molecule has 4 nitrogen and oxygen atoms in total. The SMILES string of the molecule is COc1c2c(c(OC)c3ccccc13)[C@@H]1C[C@H]2[C@@H]2[C@H]1[C@]1(C=C(C)C)O[C@@]2(C=C(C)C)[C@@H]2[C@H]1[C@H]1O[C@@H]2c2ccccc21. The minimum absolute atomic E-state index is 0.0665. The second kappa shape index (κ2) is 7.85. The molecule has 3 aromatic carbocycles. The topological polar surface area (TPSA) is 36.9 Å². The molecule has 41 heavy (non-hydrogen) atoms. The van der Waals surface area contributed by atoms with Crippen molar-refractivity contribution in [3.8, 4) is 11.5 Å². The molecule has 4 heterocycles. The Labute approximate surface area is 242 Å². The fraction of sp³-hybridized carbons (Fsp3) is 0.459. The normalized spacial score (nSPS) is 39.4. The van der Waals surface area contributed by atoms with Crippen LogP contribution in [0.4, 0.5) is 0 Å². The van der Waals surface area contributed by atoms with Crippen molar-refractivity contribution in [1.82, 2.24) is 0 Å². The Kier molecular flexibility index (Phi) is 4.69. The molecule has 3 saturated heterocycles. The van der Waals surface area contributed by atoms with Crippen LogP contribution >= 0.6 is 0 Å². The van der Waals surface area contributed by atoms with Crippen LogP contribution in [-0.4, -0.2) is 25.4 Å². The first-order valence-corrected chi connectivity index (χ1v) is 15.3. The van der Waals surface area contributed by atoms with Crippen molar-refractivity contribution >= 4 is 10.8 Å². The standard InChI is InChI=1S/C37H38O4/c1-18(2)16-36-28-24-15-25(27-26(24)32(38-5)20-11-7-8-12-21(20)33(27)39-6)29(28)37(41-36,17-19(3)4)31-30(36)34-22-13-9-10-14-23(22)35(31)40-34/h7-14,16-17,24-25,28-31,34-35H,15H2,1-6H3/t24-,25+,28-,29+,30-,31+,34-,35+,36-,37+. The first-order chi connectivity index (χ1) is 19.9. The zero-order valence-corrected chi connectivity index (χ0v) is 24.7. The van der Waals surface area contributed by atoms with Gasteiger partial charge in [-0.15, -0.1) is 0 Å². The summed E-state index contributed by atoms with van der Waals surface area (Å²) in [5, 5.41) is 2.29. The molecule has 0 spiro atoms. The van der Waals surface area contributed by atoms with E-state index in [4.69, 9.17) is 18.9 Å². The lowest BCUT2D eigenvalue weighted by atomic mass is 9.49. The molecule has 0 unspecified atom stereocenters. The maximum Gasteiger partial charge on any atom is 0.130 e. The molecule has 4 aliphatic heterocycles. The van der Waals surface area contributed by atoms with Crippen LogP contribution in [0.25, 0.3) is 10.8 Å². The summed E-state index contributed by atoms with van der Waals surface area (Å²) in [6.07, 6.45) is 6.27. The van der Waals surface area contributed by atoms with Crippen molar-refractivity contribution in [2.45, 2.75) is 69.4 Å². The first-order valence-electron chi connectivity index (χ1n) is 15.3. The first kappa shape index (κ1) is 24.5. The van der Waals surface area contributed by atoms with Crippen LogP contribution in [0.5, 0.6) is 11.5 Å². The van der Waals surface area contributed by atoms with Gasteiger partial charge in [-0.25, -0.2) is 0 Å². The Morgan fingerprint density at radius 2 is 1.12 bits per heavy atom. The van der Waals surface area contributed by atoms with E-state index in [2.05, 4.69) is 88.4 Å². The highest BCUT2D eigenvalue weighted by Gasteiger charge is 2.84. The minimum Gasteiger partial charge on any atom is -0.496 e. The van der Waals surface area contributed by atoms with Gasteiger partial charge in [0.25, 0.3) is 0 Å². The molecular weight excluding hydrogens is 508 g/mol. The van der Waals surface area contributed by atoms with Gasteiger partial charge < -0.3 is 18.9 Å². The average molecular weight is 547 g/mol. The Morgan fingerprint density at radius 3 is 1.54 bits per heavy atom. The molecule has 210 valence electrons. The van der Waals surface area contributed by atoms with Crippen molar-refractivity contribution in [1.29, 1.82) is 0 Å². The smallest absolute Gasteiger partial charge is 0.130 e. The minimum atomic E-state index is -0.395. The number of methoxy groups -OCH3 is 2. The van der Waals surface area contributed by atoms with Gasteiger partial charge in [0, 0.05) is 45.6 Å². The third-order valence-electron chi connectivity index (χ3n) is 11.5. The van der Waals surface area contributed by atoms with Gasteiger partial charge in [-0.05, 0) is 57.1 Å². The number of rotatable bonds is 4. The summed E-state index contributed by atoms with van der Waals surface area (Å²) in [5.74, 6) is 4.00. The Balaban J connectivity index is 1.35. The highest BCUT2D eigenvalue weighted by Crippen LogP contribution is 2.84. The van der Waals surface area contributed by atoms with Gasteiger partial charge >= 0.3 is 0 Å². The van der Waals surface area contributed by atoms with Crippen molar-refractivity contribution in [3.63, 3.8) is 0 Å². The molecule has 0 amide bonds. The van der Waals surface area contributed by atoms with Gasteiger partial charge in [0.2, 0.25) is 0 Å². The van der Waals surface area contributed by atoms with E-state index in [-0.39, 0.29) is 24.0 Å². The number of hydrogen-bond acceptors (Lipinski definition) is 4. The molecule has 10 atom stereocenters. The van der Waals surface area contributed by atoms with Crippen LogP contribution < -0.4 is 9.47 Å². The zero-order chi connectivity index (χ0) is 28.0. The number of fused-ring (bicyclic) bond motifs is 23. The van der Waals surface area contributed by atoms with Crippen LogP contribution in [0.2, 0.25) is 0 Å². The van der Waals surface area contributed by atoms with E-state index in [1.54, 1.807) is 0 Å². The molecular formula is C37H38O4. The molecule has 0 radical (unpaired) electrons. The van der Waals surface area contributed by atoms with Gasteiger partial charge in [0.1, 0.15) is 11.5 Å². The summed E-state index contributed by atoms with van der Waals surface area (Å²) >= 11 is 0. The third-order valence-corrected chi connectivity index (χ3v) is 11.5. The summed E-state index contributed by atoms with van der Waals surface area (Å²) < 4.78 is 27.3. The molecule has 6 aliphatic rings. The fourth-order valence-electron chi connectivity index (χ4n) is 11.1. The van der Waals surface area contributed by atoms with Gasteiger partial charge in [0.05, 0.1) is 37.6 Å². The lowest BCUT2D eigenvalue weighted by Gasteiger charge is -2.49. The molecule has 6 bridgehead atoms. The summed E-state index contributed by atoms with van der Waals surface area (Å²) in [4.78, 5) is 0. The van der Waals surface area contributed by atoms with Crippen molar-refractivity contribution < 1.29 is 18.9 Å². The van der Waals surface area contributed by atoms with Crippen LogP contribution in [0.3, 0.4) is 0 Å². The van der Waals surface area contributed by atoms with E-state index in [0.29, 0.717) is 23.7 Å². The van der Waals surface area contributed by atoms with E-state index < -0.39 is 11.2 Å².